The molecular formula is C21H24FN3O5S2. The van der Waals surface area contributed by atoms with E-state index in [1.807, 2.05) is 6.92 Å². The third kappa shape index (κ3) is 5.33. The molecular weight excluding hydrogens is 457 g/mol. The van der Waals surface area contributed by atoms with Crippen LogP contribution in [0, 0.1) is 5.82 Å². The number of hydrogen-bond donors (Lipinski definition) is 1. The highest BCUT2D eigenvalue weighted by Crippen LogP contribution is 2.19. The summed E-state index contributed by atoms with van der Waals surface area (Å²) in [6.45, 7) is 2.77. The molecule has 1 aromatic heterocycles. The van der Waals surface area contributed by atoms with Crippen LogP contribution in [0.15, 0.2) is 46.7 Å². The molecule has 11 heteroatoms. The van der Waals surface area contributed by atoms with Gasteiger partial charge in [-0.2, -0.15) is 0 Å². The first kappa shape index (κ1) is 23.9. The van der Waals surface area contributed by atoms with Crippen molar-refractivity contribution in [3.63, 3.8) is 0 Å². The number of benzene rings is 1. The number of sulfone groups is 1. The standard InChI is InChI=1S/C21H24FN3O5S2/c1-2-4-18(26)24-10-12-25(13-11-24)21(28)20(23-19(27)17-5-3-14-31-17)32(29,30)16-8-6-15(22)7-9-16/h3,5-9,14,20H,2,4,10-13H2,1H3,(H,23,27)/t20-/m1/s1. The minimum absolute atomic E-state index is 0.0129. The predicted molar refractivity (Wildman–Crippen MR) is 117 cm³/mol. The highest BCUT2D eigenvalue weighted by molar-refractivity contribution is 7.92. The number of amides is 3. The molecule has 1 saturated heterocycles. The van der Waals surface area contributed by atoms with Crippen LogP contribution in [0.4, 0.5) is 4.39 Å². The second kappa shape index (κ2) is 10.2. The van der Waals surface area contributed by atoms with Crippen molar-refractivity contribution in [2.75, 3.05) is 26.2 Å². The Hall–Kier alpha value is -2.79. The van der Waals surface area contributed by atoms with Crippen LogP contribution in [0.1, 0.15) is 29.4 Å². The SMILES string of the molecule is CCCC(=O)N1CCN(C(=O)[C@H](NC(=O)c2cccs2)S(=O)(=O)c2ccc(F)cc2)CC1. The van der Waals surface area contributed by atoms with E-state index in [2.05, 4.69) is 5.32 Å². The molecule has 0 unspecified atom stereocenters. The van der Waals surface area contributed by atoms with Crippen LogP contribution in [0.5, 0.6) is 0 Å². The number of piperazine rings is 1. The molecule has 1 aliphatic rings. The van der Waals surface area contributed by atoms with Gasteiger partial charge >= 0.3 is 0 Å². The van der Waals surface area contributed by atoms with Crippen molar-refractivity contribution in [2.45, 2.75) is 30.0 Å². The van der Waals surface area contributed by atoms with E-state index in [9.17, 15) is 27.2 Å². The number of nitrogens with zero attached hydrogens (tertiary/aromatic N) is 2. The lowest BCUT2D eigenvalue weighted by Crippen LogP contribution is -2.57. The fourth-order valence-corrected chi connectivity index (χ4v) is 5.44. The van der Waals surface area contributed by atoms with Gasteiger partial charge in [-0.15, -0.1) is 11.3 Å². The molecule has 0 saturated carbocycles. The van der Waals surface area contributed by atoms with E-state index in [1.54, 1.807) is 16.3 Å². The van der Waals surface area contributed by atoms with Gasteiger partial charge in [-0.1, -0.05) is 13.0 Å². The number of carbonyl (C=O) groups excluding carboxylic acids is 3. The van der Waals surface area contributed by atoms with E-state index in [0.29, 0.717) is 12.8 Å². The van der Waals surface area contributed by atoms with Crippen molar-refractivity contribution in [3.8, 4) is 0 Å². The summed E-state index contributed by atoms with van der Waals surface area (Å²) >= 11 is 1.11. The molecule has 1 atom stereocenters. The summed E-state index contributed by atoms with van der Waals surface area (Å²) in [6.07, 6.45) is 1.12. The van der Waals surface area contributed by atoms with Gasteiger partial charge in [0, 0.05) is 32.6 Å². The quantitative estimate of drug-likeness (QED) is 0.609. The van der Waals surface area contributed by atoms with Gasteiger partial charge in [0.25, 0.3) is 11.8 Å². The smallest absolute Gasteiger partial charge is 0.262 e. The van der Waals surface area contributed by atoms with Gasteiger partial charge in [-0.3, -0.25) is 14.4 Å². The maximum absolute atomic E-state index is 13.3. The van der Waals surface area contributed by atoms with Gasteiger partial charge in [0.05, 0.1) is 9.77 Å². The first-order valence-corrected chi connectivity index (χ1v) is 12.6. The van der Waals surface area contributed by atoms with Gasteiger partial charge in [-0.25, -0.2) is 12.8 Å². The van der Waals surface area contributed by atoms with Crippen LogP contribution >= 0.6 is 11.3 Å². The molecule has 0 aliphatic carbocycles. The molecule has 172 valence electrons. The van der Waals surface area contributed by atoms with Crippen LogP contribution in [-0.4, -0.2) is 67.5 Å². The second-order valence-electron chi connectivity index (χ2n) is 7.29. The largest absolute Gasteiger partial charge is 0.339 e. The highest BCUT2D eigenvalue weighted by atomic mass is 32.2. The summed E-state index contributed by atoms with van der Waals surface area (Å²) in [5.41, 5.74) is 0. The van der Waals surface area contributed by atoms with Crippen molar-refractivity contribution < 1.29 is 27.2 Å². The van der Waals surface area contributed by atoms with E-state index in [4.69, 9.17) is 0 Å². The van der Waals surface area contributed by atoms with Crippen molar-refractivity contribution in [1.29, 1.82) is 0 Å². The zero-order chi connectivity index (χ0) is 23.3. The monoisotopic (exact) mass is 481 g/mol. The first-order chi connectivity index (χ1) is 15.2. The maximum atomic E-state index is 13.3. The fraction of sp³-hybridized carbons (Fsp3) is 0.381. The van der Waals surface area contributed by atoms with E-state index < -0.39 is 32.8 Å². The normalized spacial score (nSPS) is 15.3. The Bertz CT molecular complexity index is 1060. The molecule has 1 N–H and O–H groups in total. The first-order valence-electron chi connectivity index (χ1n) is 10.1. The van der Waals surface area contributed by atoms with E-state index in [1.165, 1.54) is 11.0 Å². The van der Waals surface area contributed by atoms with Crippen molar-refractivity contribution in [1.82, 2.24) is 15.1 Å². The molecule has 0 radical (unpaired) electrons. The van der Waals surface area contributed by atoms with Gasteiger partial charge in [0.2, 0.25) is 21.1 Å². The highest BCUT2D eigenvalue weighted by Gasteiger charge is 2.39. The fourth-order valence-electron chi connectivity index (χ4n) is 3.34. The second-order valence-corrected chi connectivity index (χ2v) is 10.3. The Kier molecular flexibility index (Phi) is 7.62. The molecule has 32 heavy (non-hydrogen) atoms. The zero-order valence-electron chi connectivity index (χ0n) is 17.5. The molecule has 1 aliphatic heterocycles. The molecule has 1 fully saturated rings. The van der Waals surface area contributed by atoms with Crippen LogP contribution in [-0.2, 0) is 19.4 Å². The van der Waals surface area contributed by atoms with Gasteiger partial charge in [0.1, 0.15) is 5.82 Å². The van der Waals surface area contributed by atoms with Gasteiger partial charge in [0.15, 0.2) is 0 Å². The lowest BCUT2D eigenvalue weighted by atomic mass is 10.2. The van der Waals surface area contributed by atoms with E-state index in [-0.39, 0.29) is 41.9 Å². The molecule has 3 amide bonds. The number of thiophene rings is 1. The van der Waals surface area contributed by atoms with E-state index in [0.717, 1.165) is 35.6 Å². The van der Waals surface area contributed by atoms with Crippen LogP contribution < -0.4 is 5.32 Å². The average molecular weight is 482 g/mol. The molecule has 3 rings (SSSR count). The number of nitrogens with one attached hydrogen (secondary N) is 1. The van der Waals surface area contributed by atoms with Crippen molar-refractivity contribution in [3.05, 3.63) is 52.5 Å². The maximum Gasteiger partial charge on any atom is 0.262 e. The van der Waals surface area contributed by atoms with Crippen molar-refractivity contribution >= 4 is 38.9 Å². The Labute approximate surface area is 189 Å². The Morgan fingerprint density at radius 2 is 1.69 bits per heavy atom. The van der Waals surface area contributed by atoms with E-state index >= 15 is 0 Å². The summed E-state index contributed by atoms with van der Waals surface area (Å²) < 4.78 is 39.8. The summed E-state index contributed by atoms with van der Waals surface area (Å²) in [6, 6.07) is 7.23. The third-order valence-electron chi connectivity index (χ3n) is 5.09. The minimum Gasteiger partial charge on any atom is -0.339 e. The molecule has 2 aromatic rings. The average Bonchev–Trinajstić information content (AvgIpc) is 3.32. The predicted octanol–water partition coefficient (Wildman–Crippen LogP) is 1.89. The zero-order valence-corrected chi connectivity index (χ0v) is 19.1. The number of rotatable bonds is 7. The molecule has 0 bridgehead atoms. The van der Waals surface area contributed by atoms with Crippen LogP contribution in [0.3, 0.4) is 0 Å². The molecule has 1 aromatic carbocycles. The molecule has 2 heterocycles. The lowest BCUT2D eigenvalue weighted by molar-refractivity contribution is -0.139. The molecule has 8 nitrogen and oxygen atoms in total. The summed E-state index contributed by atoms with van der Waals surface area (Å²) in [7, 11) is -4.36. The summed E-state index contributed by atoms with van der Waals surface area (Å²) in [4.78, 5) is 40.9. The van der Waals surface area contributed by atoms with Crippen molar-refractivity contribution in [2.24, 2.45) is 0 Å². The number of carbonyl (C=O) groups is 3. The summed E-state index contributed by atoms with van der Waals surface area (Å²) in [5.74, 6) is -2.12. The van der Waals surface area contributed by atoms with Crippen LogP contribution in [0.2, 0.25) is 0 Å². The topological polar surface area (TPSA) is 104 Å². The summed E-state index contributed by atoms with van der Waals surface area (Å²) in [5, 5.41) is 2.13. The molecule has 0 spiro atoms. The van der Waals surface area contributed by atoms with Gasteiger partial charge in [-0.05, 0) is 42.1 Å². The Balaban J connectivity index is 1.84. The number of hydrogen-bond acceptors (Lipinski definition) is 6. The number of halogens is 1. The van der Waals surface area contributed by atoms with Crippen LogP contribution in [0.25, 0.3) is 0 Å². The minimum atomic E-state index is -4.36. The third-order valence-corrected chi connectivity index (χ3v) is 7.83. The van der Waals surface area contributed by atoms with Gasteiger partial charge < -0.3 is 15.1 Å². The Morgan fingerprint density at radius 3 is 2.25 bits per heavy atom. The lowest BCUT2D eigenvalue weighted by Gasteiger charge is -2.36. The Morgan fingerprint density at radius 1 is 1.06 bits per heavy atom.